The Hall–Kier alpha value is -1.80. The predicted molar refractivity (Wildman–Crippen MR) is 88.9 cm³/mol. The van der Waals surface area contributed by atoms with Crippen LogP contribution in [0.1, 0.15) is 36.1 Å². The van der Waals surface area contributed by atoms with E-state index in [4.69, 9.17) is 4.74 Å². The number of aryl methyl sites for hydroxylation is 2. The van der Waals surface area contributed by atoms with E-state index in [1.54, 1.807) is 0 Å². The van der Waals surface area contributed by atoms with Gasteiger partial charge in [0.25, 0.3) is 0 Å². The lowest BCUT2D eigenvalue weighted by atomic mass is 10.1. The minimum atomic E-state index is 0.229. The average Bonchev–Trinajstić information content (AvgIpc) is 2.50. The highest BCUT2D eigenvalue weighted by Crippen LogP contribution is 2.18. The van der Waals surface area contributed by atoms with Gasteiger partial charge in [0, 0.05) is 0 Å². The SMILES string of the molecule is CCCNC(COc1ccc(C)cc1)c1ccc(C)cc1. The molecule has 2 rings (SSSR count). The topological polar surface area (TPSA) is 21.3 Å². The molecule has 0 aliphatic carbocycles. The Labute approximate surface area is 128 Å². The van der Waals surface area contributed by atoms with E-state index in [0.29, 0.717) is 6.61 Å². The molecule has 0 radical (unpaired) electrons. The van der Waals surface area contributed by atoms with Crippen molar-refractivity contribution in [3.63, 3.8) is 0 Å². The van der Waals surface area contributed by atoms with Crippen molar-refractivity contribution in [2.24, 2.45) is 0 Å². The molecule has 0 aromatic heterocycles. The quantitative estimate of drug-likeness (QED) is 0.812. The van der Waals surface area contributed by atoms with E-state index in [1.807, 2.05) is 12.1 Å². The number of hydrogen-bond donors (Lipinski definition) is 1. The molecule has 0 heterocycles. The summed E-state index contributed by atoms with van der Waals surface area (Å²) in [5.41, 5.74) is 3.81. The molecule has 112 valence electrons. The average molecular weight is 283 g/mol. The Bertz CT molecular complexity index is 530. The molecule has 0 bridgehead atoms. The highest BCUT2D eigenvalue weighted by Gasteiger charge is 2.11. The molecule has 1 atom stereocenters. The number of ether oxygens (including phenoxy) is 1. The van der Waals surface area contributed by atoms with Crippen molar-refractivity contribution < 1.29 is 4.74 Å². The van der Waals surface area contributed by atoms with E-state index in [0.717, 1.165) is 18.7 Å². The monoisotopic (exact) mass is 283 g/mol. The van der Waals surface area contributed by atoms with Gasteiger partial charge < -0.3 is 10.1 Å². The van der Waals surface area contributed by atoms with Crippen LogP contribution < -0.4 is 10.1 Å². The predicted octanol–water partition coefficient (Wildman–Crippen LogP) is 4.42. The van der Waals surface area contributed by atoms with Crippen molar-refractivity contribution in [3.8, 4) is 5.75 Å². The van der Waals surface area contributed by atoms with Crippen LogP contribution in [-0.4, -0.2) is 13.2 Å². The van der Waals surface area contributed by atoms with Crippen LogP contribution in [0.15, 0.2) is 48.5 Å². The molecule has 0 aliphatic rings. The van der Waals surface area contributed by atoms with Gasteiger partial charge in [0.15, 0.2) is 0 Å². The second-order valence-electron chi connectivity index (χ2n) is 5.54. The van der Waals surface area contributed by atoms with Crippen molar-refractivity contribution in [2.45, 2.75) is 33.2 Å². The minimum Gasteiger partial charge on any atom is -0.492 e. The zero-order chi connectivity index (χ0) is 15.1. The maximum absolute atomic E-state index is 5.94. The summed E-state index contributed by atoms with van der Waals surface area (Å²) >= 11 is 0. The zero-order valence-electron chi connectivity index (χ0n) is 13.2. The molecule has 21 heavy (non-hydrogen) atoms. The third-order valence-corrected chi connectivity index (χ3v) is 3.56. The lowest BCUT2D eigenvalue weighted by Gasteiger charge is -2.20. The zero-order valence-corrected chi connectivity index (χ0v) is 13.2. The van der Waals surface area contributed by atoms with E-state index in [-0.39, 0.29) is 6.04 Å². The van der Waals surface area contributed by atoms with Crippen molar-refractivity contribution in [1.82, 2.24) is 5.32 Å². The van der Waals surface area contributed by atoms with Gasteiger partial charge in [-0.3, -0.25) is 0 Å². The van der Waals surface area contributed by atoms with Crippen LogP contribution in [0.5, 0.6) is 5.75 Å². The molecule has 0 amide bonds. The molecule has 1 unspecified atom stereocenters. The molecule has 0 aliphatic heterocycles. The molecule has 2 aromatic carbocycles. The fourth-order valence-corrected chi connectivity index (χ4v) is 2.20. The second-order valence-corrected chi connectivity index (χ2v) is 5.54. The van der Waals surface area contributed by atoms with Gasteiger partial charge in [-0.1, -0.05) is 54.4 Å². The summed E-state index contributed by atoms with van der Waals surface area (Å²) in [5.74, 6) is 0.927. The molecular weight excluding hydrogens is 258 g/mol. The maximum Gasteiger partial charge on any atom is 0.119 e. The van der Waals surface area contributed by atoms with Gasteiger partial charge in [-0.25, -0.2) is 0 Å². The van der Waals surface area contributed by atoms with E-state index >= 15 is 0 Å². The molecule has 1 N–H and O–H groups in total. The van der Waals surface area contributed by atoms with Crippen LogP contribution in [0.25, 0.3) is 0 Å². The Morgan fingerprint density at radius 1 is 0.905 bits per heavy atom. The van der Waals surface area contributed by atoms with Crippen LogP contribution >= 0.6 is 0 Å². The summed E-state index contributed by atoms with van der Waals surface area (Å²) in [7, 11) is 0. The molecule has 2 heteroatoms. The summed E-state index contributed by atoms with van der Waals surface area (Å²) in [6, 6.07) is 17.1. The minimum absolute atomic E-state index is 0.229. The molecule has 0 fully saturated rings. The number of rotatable bonds is 7. The number of benzene rings is 2. The number of nitrogens with one attached hydrogen (secondary N) is 1. The smallest absolute Gasteiger partial charge is 0.119 e. The Morgan fingerprint density at radius 2 is 1.48 bits per heavy atom. The maximum atomic E-state index is 5.94. The third-order valence-electron chi connectivity index (χ3n) is 3.56. The molecule has 0 spiro atoms. The van der Waals surface area contributed by atoms with E-state index in [9.17, 15) is 0 Å². The number of hydrogen-bond acceptors (Lipinski definition) is 2. The Morgan fingerprint density at radius 3 is 2.05 bits per heavy atom. The normalized spacial score (nSPS) is 12.1. The summed E-state index contributed by atoms with van der Waals surface area (Å²) in [6.45, 7) is 8.02. The Kier molecular flexibility index (Phi) is 5.82. The van der Waals surface area contributed by atoms with Gasteiger partial charge in [-0.05, 0) is 44.5 Å². The highest BCUT2D eigenvalue weighted by molar-refractivity contribution is 5.27. The summed E-state index contributed by atoms with van der Waals surface area (Å²) in [5, 5.41) is 3.56. The van der Waals surface area contributed by atoms with Crippen LogP contribution in [-0.2, 0) is 0 Å². The first-order valence-corrected chi connectivity index (χ1v) is 7.68. The molecule has 2 aromatic rings. The van der Waals surface area contributed by atoms with Crippen molar-refractivity contribution in [1.29, 1.82) is 0 Å². The lowest BCUT2D eigenvalue weighted by molar-refractivity contribution is 0.266. The fourth-order valence-electron chi connectivity index (χ4n) is 2.20. The van der Waals surface area contributed by atoms with E-state index < -0.39 is 0 Å². The molecule has 0 saturated carbocycles. The van der Waals surface area contributed by atoms with E-state index in [2.05, 4.69) is 62.5 Å². The van der Waals surface area contributed by atoms with Gasteiger partial charge in [0.1, 0.15) is 12.4 Å². The van der Waals surface area contributed by atoms with Gasteiger partial charge in [-0.15, -0.1) is 0 Å². The largest absolute Gasteiger partial charge is 0.492 e. The van der Waals surface area contributed by atoms with Crippen molar-refractivity contribution in [2.75, 3.05) is 13.2 Å². The van der Waals surface area contributed by atoms with Crippen LogP contribution in [0.2, 0.25) is 0 Å². The van der Waals surface area contributed by atoms with Gasteiger partial charge >= 0.3 is 0 Å². The van der Waals surface area contributed by atoms with Crippen molar-refractivity contribution in [3.05, 3.63) is 65.2 Å². The lowest BCUT2D eigenvalue weighted by Crippen LogP contribution is -2.27. The van der Waals surface area contributed by atoms with Crippen LogP contribution in [0.4, 0.5) is 0 Å². The first-order valence-electron chi connectivity index (χ1n) is 7.68. The first kappa shape index (κ1) is 15.6. The third kappa shape index (κ3) is 4.91. The summed E-state index contributed by atoms with van der Waals surface area (Å²) < 4.78 is 5.94. The summed E-state index contributed by atoms with van der Waals surface area (Å²) in [6.07, 6.45) is 1.12. The second kappa shape index (κ2) is 7.84. The van der Waals surface area contributed by atoms with Gasteiger partial charge in [0.05, 0.1) is 6.04 Å². The summed E-state index contributed by atoms with van der Waals surface area (Å²) in [4.78, 5) is 0. The molecule has 0 saturated heterocycles. The van der Waals surface area contributed by atoms with Crippen molar-refractivity contribution >= 4 is 0 Å². The molecular formula is C19H25NO. The van der Waals surface area contributed by atoms with Crippen LogP contribution in [0, 0.1) is 13.8 Å². The Balaban J connectivity index is 2.02. The van der Waals surface area contributed by atoms with E-state index in [1.165, 1.54) is 16.7 Å². The van der Waals surface area contributed by atoms with Gasteiger partial charge in [-0.2, -0.15) is 0 Å². The van der Waals surface area contributed by atoms with Crippen LogP contribution in [0.3, 0.4) is 0 Å². The highest BCUT2D eigenvalue weighted by atomic mass is 16.5. The molecule has 2 nitrogen and oxygen atoms in total. The fraction of sp³-hybridized carbons (Fsp3) is 0.368. The first-order chi connectivity index (χ1) is 10.2. The standard InChI is InChI=1S/C19H25NO/c1-4-13-20-19(17-9-5-15(2)6-10-17)14-21-18-11-7-16(3)8-12-18/h5-12,19-20H,4,13-14H2,1-3H3. The van der Waals surface area contributed by atoms with Gasteiger partial charge in [0.2, 0.25) is 0 Å².